The molecule has 0 heterocycles. The van der Waals surface area contributed by atoms with Crippen LogP contribution in [0.4, 0.5) is 21.5 Å². The van der Waals surface area contributed by atoms with Crippen LogP contribution in [0.5, 0.6) is 5.75 Å². The van der Waals surface area contributed by atoms with E-state index in [4.69, 9.17) is 16.2 Å². The maximum Gasteiger partial charge on any atom is 0.248 e. The number of nitrogens with one attached hydrogen (secondary N) is 1. The summed E-state index contributed by atoms with van der Waals surface area (Å²) in [6.45, 7) is 0. The Morgan fingerprint density at radius 1 is 1.18 bits per heavy atom. The summed E-state index contributed by atoms with van der Waals surface area (Å²) < 4.78 is 18.3. The Morgan fingerprint density at radius 2 is 1.95 bits per heavy atom. The maximum atomic E-state index is 13.3. The molecule has 114 valence electrons. The van der Waals surface area contributed by atoms with E-state index in [1.807, 2.05) is 0 Å². The SMILES string of the molecule is COc1ccc(NC(=O)C=Cc2ccc(N)c(F)c2)cc1N. The molecule has 2 rings (SSSR count). The Bertz CT molecular complexity index is 729. The second-order valence-electron chi connectivity index (χ2n) is 4.56. The number of halogens is 1. The van der Waals surface area contributed by atoms with Crippen molar-refractivity contribution in [1.82, 2.24) is 0 Å². The molecular weight excluding hydrogens is 285 g/mol. The van der Waals surface area contributed by atoms with Crippen LogP contribution in [0, 0.1) is 5.82 Å². The highest BCUT2D eigenvalue weighted by atomic mass is 19.1. The molecule has 2 aromatic carbocycles. The number of nitrogen functional groups attached to an aromatic ring is 2. The zero-order chi connectivity index (χ0) is 16.1. The quantitative estimate of drug-likeness (QED) is 0.598. The van der Waals surface area contributed by atoms with Crippen LogP contribution in [0.1, 0.15) is 5.56 Å². The number of carbonyl (C=O) groups is 1. The fourth-order valence-corrected chi connectivity index (χ4v) is 1.82. The lowest BCUT2D eigenvalue weighted by atomic mass is 10.2. The number of amides is 1. The van der Waals surface area contributed by atoms with Crippen molar-refractivity contribution in [3.05, 3.63) is 53.9 Å². The molecule has 0 unspecified atom stereocenters. The Kier molecular flexibility index (Phi) is 4.63. The lowest BCUT2D eigenvalue weighted by Crippen LogP contribution is -2.08. The van der Waals surface area contributed by atoms with Crippen LogP contribution in [-0.4, -0.2) is 13.0 Å². The minimum Gasteiger partial charge on any atom is -0.495 e. The highest BCUT2D eigenvalue weighted by Crippen LogP contribution is 2.24. The van der Waals surface area contributed by atoms with Gasteiger partial charge < -0.3 is 21.5 Å². The van der Waals surface area contributed by atoms with Gasteiger partial charge >= 0.3 is 0 Å². The first kappa shape index (κ1) is 15.4. The van der Waals surface area contributed by atoms with Crippen molar-refractivity contribution in [2.24, 2.45) is 0 Å². The van der Waals surface area contributed by atoms with E-state index in [0.29, 0.717) is 22.7 Å². The first-order valence-electron chi connectivity index (χ1n) is 6.47. The van der Waals surface area contributed by atoms with Gasteiger partial charge in [-0.2, -0.15) is 0 Å². The first-order chi connectivity index (χ1) is 10.5. The standard InChI is InChI=1S/C16H16FN3O2/c1-22-15-6-4-11(9-14(15)19)20-16(21)7-3-10-2-5-13(18)12(17)8-10/h2-9H,18-19H2,1H3,(H,20,21). The van der Waals surface area contributed by atoms with Crippen LogP contribution in [0.15, 0.2) is 42.5 Å². The molecule has 5 nitrogen and oxygen atoms in total. The monoisotopic (exact) mass is 301 g/mol. The topological polar surface area (TPSA) is 90.4 Å². The number of rotatable bonds is 4. The Hall–Kier alpha value is -3.02. The molecule has 1 amide bonds. The molecule has 0 spiro atoms. The molecular formula is C16H16FN3O2. The summed E-state index contributed by atoms with van der Waals surface area (Å²) in [7, 11) is 1.51. The summed E-state index contributed by atoms with van der Waals surface area (Å²) in [5.41, 5.74) is 12.7. The molecule has 0 aliphatic heterocycles. The van der Waals surface area contributed by atoms with Crippen LogP contribution in [0.25, 0.3) is 6.08 Å². The molecule has 2 aromatic rings. The van der Waals surface area contributed by atoms with Crippen LogP contribution < -0.4 is 21.5 Å². The zero-order valence-corrected chi connectivity index (χ0v) is 12.0. The summed E-state index contributed by atoms with van der Waals surface area (Å²) in [5.74, 6) is -0.349. The molecule has 0 saturated heterocycles. The first-order valence-corrected chi connectivity index (χ1v) is 6.47. The fraction of sp³-hybridized carbons (Fsp3) is 0.0625. The van der Waals surface area contributed by atoms with Gasteiger partial charge in [0.15, 0.2) is 0 Å². The van der Waals surface area contributed by atoms with Crippen molar-refractivity contribution < 1.29 is 13.9 Å². The van der Waals surface area contributed by atoms with E-state index < -0.39 is 5.82 Å². The smallest absolute Gasteiger partial charge is 0.248 e. The number of anilines is 3. The number of carbonyl (C=O) groups excluding carboxylic acids is 1. The molecule has 0 aromatic heterocycles. The van der Waals surface area contributed by atoms with Crippen LogP contribution >= 0.6 is 0 Å². The summed E-state index contributed by atoms with van der Waals surface area (Å²) in [4.78, 5) is 11.8. The lowest BCUT2D eigenvalue weighted by Gasteiger charge is -2.07. The minimum atomic E-state index is -0.523. The second kappa shape index (κ2) is 6.62. The van der Waals surface area contributed by atoms with Crippen molar-refractivity contribution in [3.8, 4) is 5.75 Å². The normalized spacial score (nSPS) is 10.6. The minimum absolute atomic E-state index is 0.0651. The number of ether oxygens (including phenoxy) is 1. The highest BCUT2D eigenvalue weighted by Gasteiger charge is 2.03. The van der Waals surface area contributed by atoms with Crippen LogP contribution in [-0.2, 0) is 4.79 Å². The van der Waals surface area contributed by atoms with Gasteiger partial charge in [-0.3, -0.25) is 4.79 Å². The van der Waals surface area contributed by atoms with Gasteiger partial charge in [-0.1, -0.05) is 6.07 Å². The van der Waals surface area contributed by atoms with Gasteiger partial charge in [0, 0.05) is 11.8 Å². The van der Waals surface area contributed by atoms with Gasteiger partial charge in [0.05, 0.1) is 18.5 Å². The number of methoxy groups -OCH3 is 1. The van der Waals surface area contributed by atoms with Crippen molar-refractivity contribution in [2.45, 2.75) is 0 Å². The molecule has 0 bridgehead atoms. The third kappa shape index (κ3) is 3.76. The predicted octanol–water partition coefficient (Wildman–Crippen LogP) is 2.65. The second-order valence-corrected chi connectivity index (χ2v) is 4.56. The summed E-state index contributed by atoms with van der Waals surface area (Å²) in [6, 6.07) is 9.23. The highest BCUT2D eigenvalue weighted by molar-refractivity contribution is 6.02. The van der Waals surface area contributed by atoms with Gasteiger partial charge in [0.2, 0.25) is 5.91 Å². The van der Waals surface area contributed by atoms with E-state index >= 15 is 0 Å². The van der Waals surface area contributed by atoms with E-state index in [2.05, 4.69) is 5.32 Å². The van der Waals surface area contributed by atoms with Gasteiger partial charge in [0.25, 0.3) is 0 Å². The average molecular weight is 301 g/mol. The maximum absolute atomic E-state index is 13.3. The lowest BCUT2D eigenvalue weighted by molar-refractivity contribution is -0.111. The molecule has 0 radical (unpaired) electrons. The van der Waals surface area contributed by atoms with E-state index in [9.17, 15) is 9.18 Å². The molecule has 0 fully saturated rings. The van der Waals surface area contributed by atoms with Gasteiger partial charge in [0.1, 0.15) is 11.6 Å². The Morgan fingerprint density at radius 3 is 2.59 bits per heavy atom. The van der Waals surface area contributed by atoms with E-state index in [0.717, 1.165) is 0 Å². The van der Waals surface area contributed by atoms with E-state index in [1.54, 1.807) is 24.3 Å². The Balaban J connectivity index is 2.04. The van der Waals surface area contributed by atoms with Crippen molar-refractivity contribution in [1.29, 1.82) is 0 Å². The molecule has 22 heavy (non-hydrogen) atoms. The summed E-state index contributed by atoms with van der Waals surface area (Å²) >= 11 is 0. The molecule has 0 saturated carbocycles. The fourth-order valence-electron chi connectivity index (χ4n) is 1.82. The van der Waals surface area contributed by atoms with Crippen molar-refractivity contribution in [2.75, 3.05) is 23.9 Å². The third-order valence-corrected chi connectivity index (χ3v) is 2.95. The summed E-state index contributed by atoms with van der Waals surface area (Å²) in [6.07, 6.45) is 2.79. The number of hydrogen-bond acceptors (Lipinski definition) is 4. The predicted molar refractivity (Wildman–Crippen MR) is 85.9 cm³/mol. The van der Waals surface area contributed by atoms with Crippen LogP contribution in [0.3, 0.4) is 0 Å². The molecule has 6 heteroatoms. The number of nitrogens with two attached hydrogens (primary N) is 2. The van der Waals surface area contributed by atoms with E-state index in [-0.39, 0.29) is 11.6 Å². The third-order valence-electron chi connectivity index (χ3n) is 2.95. The Labute approximate surface area is 127 Å². The van der Waals surface area contributed by atoms with Crippen molar-refractivity contribution >= 4 is 29.0 Å². The van der Waals surface area contributed by atoms with Gasteiger partial charge in [-0.25, -0.2) is 4.39 Å². The molecule has 5 N–H and O–H groups in total. The molecule has 0 atom stereocenters. The van der Waals surface area contributed by atoms with Gasteiger partial charge in [-0.15, -0.1) is 0 Å². The molecule has 0 aliphatic carbocycles. The summed E-state index contributed by atoms with van der Waals surface area (Å²) in [5, 5.41) is 2.65. The average Bonchev–Trinajstić information content (AvgIpc) is 2.49. The van der Waals surface area contributed by atoms with E-state index in [1.165, 1.54) is 31.4 Å². The number of benzene rings is 2. The van der Waals surface area contributed by atoms with Crippen molar-refractivity contribution in [3.63, 3.8) is 0 Å². The largest absolute Gasteiger partial charge is 0.495 e. The zero-order valence-electron chi connectivity index (χ0n) is 12.0. The van der Waals surface area contributed by atoms with Crippen LogP contribution in [0.2, 0.25) is 0 Å². The van der Waals surface area contributed by atoms with Gasteiger partial charge in [-0.05, 0) is 42.0 Å². The molecule has 0 aliphatic rings. The number of hydrogen-bond donors (Lipinski definition) is 3.